The first-order valence-corrected chi connectivity index (χ1v) is 12.0. The summed E-state index contributed by atoms with van der Waals surface area (Å²) in [5.74, 6) is 2.64. The quantitative estimate of drug-likeness (QED) is 0.346. The van der Waals surface area contributed by atoms with Crippen LogP contribution in [0.5, 0.6) is 11.8 Å². The molecule has 9 nitrogen and oxygen atoms in total. The van der Waals surface area contributed by atoms with Crippen LogP contribution in [0.2, 0.25) is 5.02 Å². The fourth-order valence-electron chi connectivity index (χ4n) is 4.14. The van der Waals surface area contributed by atoms with Gasteiger partial charge in [-0.15, -0.1) is 0 Å². The van der Waals surface area contributed by atoms with E-state index in [2.05, 4.69) is 49.3 Å². The van der Waals surface area contributed by atoms with E-state index < -0.39 is 0 Å². The third-order valence-electron chi connectivity index (χ3n) is 5.96. The van der Waals surface area contributed by atoms with Crippen molar-refractivity contribution in [3.8, 4) is 11.8 Å². The topological polar surface area (TPSA) is 98.0 Å². The zero-order valence-electron chi connectivity index (χ0n) is 19.7. The van der Waals surface area contributed by atoms with Gasteiger partial charge in [0.05, 0.1) is 5.02 Å². The number of nitrogens with zero attached hydrogens (tertiary/aromatic N) is 5. The van der Waals surface area contributed by atoms with E-state index in [0.29, 0.717) is 22.4 Å². The predicted octanol–water partition coefficient (Wildman–Crippen LogP) is 4.88. The van der Waals surface area contributed by atoms with E-state index >= 15 is 0 Å². The van der Waals surface area contributed by atoms with Crippen molar-refractivity contribution in [2.75, 3.05) is 43.4 Å². The first-order valence-electron chi connectivity index (χ1n) is 11.6. The van der Waals surface area contributed by atoms with Gasteiger partial charge in [-0.05, 0) is 38.6 Å². The van der Waals surface area contributed by atoms with Crippen LogP contribution < -0.4 is 15.0 Å². The second-order valence-electron chi connectivity index (χ2n) is 8.73. The van der Waals surface area contributed by atoms with Gasteiger partial charge < -0.3 is 24.8 Å². The van der Waals surface area contributed by atoms with Gasteiger partial charge in [-0.1, -0.05) is 24.9 Å². The number of aryl methyl sites for hydroxylation is 2. The molecule has 1 fully saturated rings. The molecule has 3 aromatic heterocycles. The molecule has 0 aliphatic carbocycles. The second-order valence-corrected chi connectivity index (χ2v) is 9.11. The standard InChI is InChI=1S/C24H29ClN8O/c1-4-5-16-13-21(31-30-16)27-20-14-22(33-10-8-32(3)9-11-33)29-24(28-20)34-19-7-6-18-17(23(19)25)12-15(2)26-18/h6-7,12-14,26H,4-5,8-11H2,1-3H3,(H2,27,28,29,30,31). The SMILES string of the molecule is CCCc1cc(Nc2cc(N3CCN(C)CC3)nc(Oc3ccc4[nH]c(C)cc4c3Cl)n2)n[nH]1. The van der Waals surface area contributed by atoms with Gasteiger partial charge in [0.25, 0.3) is 0 Å². The number of aromatic amines is 2. The molecule has 1 saturated heterocycles. The Kier molecular flexibility index (Phi) is 6.30. The Labute approximate surface area is 203 Å². The van der Waals surface area contributed by atoms with Crippen LogP contribution in [0.3, 0.4) is 0 Å². The Hall–Kier alpha value is -3.30. The molecule has 1 aromatic carbocycles. The van der Waals surface area contributed by atoms with Crippen LogP contribution >= 0.6 is 11.6 Å². The molecule has 5 rings (SSSR count). The van der Waals surface area contributed by atoms with Crippen molar-refractivity contribution in [2.45, 2.75) is 26.7 Å². The second kappa shape index (κ2) is 9.52. The van der Waals surface area contributed by atoms with E-state index in [1.165, 1.54) is 0 Å². The molecule has 0 atom stereocenters. The lowest BCUT2D eigenvalue weighted by Crippen LogP contribution is -2.44. The third-order valence-corrected chi connectivity index (χ3v) is 6.35. The number of piperazine rings is 1. The number of rotatable bonds is 7. The molecule has 0 spiro atoms. The lowest BCUT2D eigenvalue weighted by molar-refractivity contribution is 0.311. The van der Waals surface area contributed by atoms with Crippen LogP contribution in [-0.4, -0.2) is 63.3 Å². The first kappa shape index (κ1) is 22.5. The summed E-state index contributed by atoms with van der Waals surface area (Å²) >= 11 is 6.67. The number of anilines is 3. The Morgan fingerprint density at radius 2 is 1.91 bits per heavy atom. The predicted molar refractivity (Wildman–Crippen MR) is 136 cm³/mol. The van der Waals surface area contributed by atoms with Gasteiger partial charge in [0.15, 0.2) is 5.82 Å². The van der Waals surface area contributed by atoms with Gasteiger partial charge in [-0.3, -0.25) is 5.10 Å². The molecule has 1 aliphatic heterocycles. The highest BCUT2D eigenvalue weighted by Gasteiger charge is 2.19. The fourth-order valence-corrected chi connectivity index (χ4v) is 4.40. The number of aromatic nitrogens is 5. The number of hydrogen-bond donors (Lipinski definition) is 3. The number of ether oxygens (including phenoxy) is 1. The first-order chi connectivity index (χ1) is 16.5. The zero-order valence-corrected chi connectivity index (χ0v) is 20.4. The summed E-state index contributed by atoms with van der Waals surface area (Å²) in [5, 5.41) is 12.2. The Morgan fingerprint density at radius 1 is 1.09 bits per heavy atom. The minimum atomic E-state index is 0.233. The highest BCUT2D eigenvalue weighted by Crippen LogP contribution is 2.36. The van der Waals surface area contributed by atoms with Crippen LogP contribution in [0.4, 0.5) is 17.5 Å². The molecule has 1 aliphatic rings. The fraction of sp³-hybridized carbons (Fsp3) is 0.375. The Balaban J connectivity index is 1.47. The van der Waals surface area contributed by atoms with E-state index in [0.717, 1.165) is 67.1 Å². The summed E-state index contributed by atoms with van der Waals surface area (Å²) in [7, 11) is 2.13. The normalized spacial score (nSPS) is 14.6. The maximum absolute atomic E-state index is 6.67. The average Bonchev–Trinajstić information content (AvgIpc) is 3.42. The van der Waals surface area contributed by atoms with Gasteiger partial charge in [0.1, 0.15) is 17.4 Å². The molecule has 178 valence electrons. The monoisotopic (exact) mass is 480 g/mol. The summed E-state index contributed by atoms with van der Waals surface area (Å²) in [6.45, 7) is 7.84. The minimum absolute atomic E-state index is 0.233. The number of H-pyrrole nitrogens is 2. The van der Waals surface area contributed by atoms with Gasteiger partial charge >= 0.3 is 6.01 Å². The van der Waals surface area contributed by atoms with E-state index in [-0.39, 0.29) is 6.01 Å². The molecule has 3 N–H and O–H groups in total. The highest BCUT2D eigenvalue weighted by atomic mass is 35.5. The molecule has 0 unspecified atom stereocenters. The van der Waals surface area contributed by atoms with Gasteiger partial charge in [0.2, 0.25) is 0 Å². The van der Waals surface area contributed by atoms with Crippen LogP contribution in [0.15, 0.2) is 30.3 Å². The number of halogens is 1. The number of benzene rings is 1. The van der Waals surface area contributed by atoms with Crippen molar-refractivity contribution in [3.05, 3.63) is 46.7 Å². The molecular formula is C24H29ClN8O. The molecule has 34 heavy (non-hydrogen) atoms. The van der Waals surface area contributed by atoms with Gasteiger partial charge in [-0.25, -0.2) is 0 Å². The highest BCUT2D eigenvalue weighted by molar-refractivity contribution is 6.37. The molecule has 4 heterocycles. The maximum Gasteiger partial charge on any atom is 0.325 e. The summed E-state index contributed by atoms with van der Waals surface area (Å²) in [4.78, 5) is 17.2. The number of nitrogens with one attached hydrogen (secondary N) is 3. The Morgan fingerprint density at radius 3 is 2.71 bits per heavy atom. The Bertz CT molecular complexity index is 1290. The van der Waals surface area contributed by atoms with E-state index in [1.54, 1.807) is 0 Å². The minimum Gasteiger partial charge on any atom is -0.423 e. The van der Waals surface area contributed by atoms with Crippen LogP contribution in [0.1, 0.15) is 24.7 Å². The molecule has 0 saturated carbocycles. The summed E-state index contributed by atoms with van der Waals surface area (Å²) < 4.78 is 6.13. The smallest absolute Gasteiger partial charge is 0.325 e. The third kappa shape index (κ3) is 4.80. The number of hydrogen-bond acceptors (Lipinski definition) is 7. The van der Waals surface area contributed by atoms with Crippen LogP contribution in [0.25, 0.3) is 10.9 Å². The van der Waals surface area contributed by atoms with Crippen molar-refractivity contribution in [1.82, 2.24) is 30.0 Å². The van der Waals surface area contributed by atoms with Crippen LogP contribution in [0, 0.1) is 6.92 Å². The molecule has 4 aromatic rings. The molecule has 0 radical (unpaired) electrons. The number of likely N-dealkylation sites (N-methyl/N-ethyl adjacent to an activating group) is 1. The van der Waals surface area contributed by atoms with E-state index in [4.69, 9.17) is 21.3 Å². The van der Waals surface area contributed by atoms with Gasteiger partial charge in [-0.2, -0.15) is 15.1 Å². The van der Waals surface area contributed by atoms with Crippen molar-refractivity contribution in [3.63, 3.8) is 0 Å². The van der Waals surface area contributed by atoms with Gasteiger partial charge in [0, 0.05) is 60.6 Å². The van der Waals surface area contributed by atoms with E-state index in [1.807, 2.05) is 37.3 Å². The summed E-state index contributed by atoms with van der Waals surface area (Å²) in [5.41, 5.74) is 3.08. The molecule has 0 bridgehead atoms. The van der Waals surface area contributed by atoms with Crippen molar-refractivity contribution in [2.24, 2.45) is 0 Å². The van der Waals surface area contributed by atoms with Crippen LogP contribution in [-0.2, 0) is 6.42 Å². The van der Waals surface area contributed by atoms with Crippen molar-refractivity contribution >= 4 is 40.0 Å². The average molecular weight is 481 g/mol. The molecular weight excluding hydrogens is 452 g/mol. The molecule has 0 amide bonds. The summed E-state index contributed by atoms with van der Waals surface area (Å²) in [6, 6.07) is 9.96. The number of fused-ring (bicyclic) bond motifs is 1. The maximum atomic E-state index is 6.67. The largest absolute Gasteiger partial charge is 0.423 e. The molecule has 10 heteroatoms. The van der Waals surface area contributed by atoms with Crippen molar-refractivity contribution in [1.29, 1.82) is 0 Å². The van der Waals surface area contributed by atoms with E-state index in [9.17, 15) is 0 Å². The lowest BCUT2D eigenvalue weighted by atomic mass is 10.2. The lowest BCUT2D eigenvalue weighted by Gasteiger charge is -2.33. The zero-order chi connectivity index (χ0) is 23.7. The summed E-state index contributed by atoms with van der Waals surface area (Å²) in [6.07, 6.45) is 1.99. The van der Waals surface area contributed by atoms with Crippen molar-refractivity contribution < 1.29 is 4.74 Å².